The molecular weight excluding hydrogens is 160 g/mol. The highest BCUT2D eigenvalue weighted by atomic mass is 16.3. The summed E-state index contributed by atoms with van der Waals surface area (Å²) >= 11 is 0. The summed E-state index contributed by atoms with van der Waals surface area (Å²) in [4.78, 5) is 0. The minimum atomic E-state index is 0.480. The maximum absolute atomic E-state index is 9.49. The molecule has 0 heterocycles. The van der Waals surface area contributed by atoms with Crippen LogP contribution in [0, 0.1) is 0 Å². The molecule has 0 unspecified atom stereocenters. The number of hydrogen-bond donors (Lipinski definition) is 1. The molecule has 0 spiro atoms. The molecule has 0 aromatic heterocycles. The highest BCUT2D eigenvalue weighted by Gasteiger charge is 1.92. The number of aliphatic hydroxyl groups excluding tert-OH is 1. The molecule has 1 heteroatoms. The van der Waals surface area contributed by atoms with Crippen LogP contribution in [0.2, 0.25) is 0 Å². The molecule has 0 saturated heterocycles. The maximum Gasteiger partial charge on any atom is 0.0928 e. The Balaban J connectivity index is 2.55. The first-order valence-electron chi connectivity index (χ1n) is 4.77. The molecule has 1 nitrogen and oxygen atoms in total. The van der Waals surface area contributed by atoms with E-state index in [9.17, 15) is 5.11 Å². The van der Waals surface area contributed by atoms with Crippen molar-refractivity contribution in [3.8, 4) is 0 Å². The topological polar surface area (TPSA) is 20.2 Å². The molecule has 0 saturated carbocycles. The van der Waals surface area contributed by atoms with Crippen molar-refractivity contribution in [2.24, 2.45) is 0 Å². The van der Waals surface area contributed by atoms with Crippen LogP contribution in [-0.4, -0.2) is 5.11 Å². The molecule has 0 fully saturated rings. The largest absolute Gasteiger partial charge is 0.512 e. The summed E-state index contributed by atoms with van der Waals surface area (Å²) in [5, 5.41) is 9.49. The van der Waals surface area contributed by atoms with E-state index in [4.69, 9.17) is 0 Å². The van der Waals surface area contributed by atoms with Gasteiger partial charge in [-0.3, -0.25) is 0 Å². The van der Waals surface area contributed by atoms with Gasteiger partial charge in [0, 0.05) is 6.42 Å². The van der Waals surface area contributed by atoms with E-state index in [2.05, 4.69) is 6.92 Å². The predicted molar refractivity (Wildman–Crippen MR) is 56.6 cm³/mol. The van der Waals surface area contributed by atoms with E-state index in [1.165, 1.54) is 0 Å². The lowest BCUT2D eigenvalue weighted by atomic mass is 10.1. The molecule has 13 heavy (non-hydrogen) atoms. The van der Waals surface area contributed by atoms with Crippen LogP contribution in [0.25, 0.3) is 6.08 Å². The van der Waals surface area contributed by atoms with E-state index in [0.29, 0.717) is 5.76 Å². The zero-order chi connectivity index (χ0) is 9.52. The fourth-order valence-corrected chi connectivity index (χ4v) is 1.17. The molecule has 0 radical (unpaired) electrons. The first kappa shape index (κ1) is 9.85. The summed E-state index contributed by atoms with van der Waals surface area (Å²) in [5.74, 6) is 0.480. The second kappa shape index (κ2) is 5.41. The molecule has 0 aliphatic carbocycles. The molecule has 0 atom stereocenters. The molecule has 0 amide bonds. The van der Waals surface area contributed by atoms with Gasteiger partial charge in [0.05, 0.1) is 5.76 Å². The van der Waals surface area contributed by atoms with E-state index in [1.54, 1.807) is 0 Å². The zero-order valence-electron chi connectivity index (χ0n) is 8.03. The van der Waals surface area contributed by atoms with Crippen LogP contribution in [0.3, 0.4) is 0 Å². The van der Waals surface area contributed by atoms with Gasteiger partial charge in [-0.15, -0.1) is 0 Å². The van der Waals surface area contributed by atoms with Gasteiger partial charge in [0.15, 0.2) is 0 Å². The standard InChI is InChI=1S/C12H16O/c1-2-3-9-12(13)10-11-7-5-4-6-8-11/h4-8,10,13H,2-3,9H2,1H3. The fraction of sp³-hybridized carbons (Fsp3) is 0.333. The highest BCUT2D eigenvalue weighted by Crippen LogP contribution is 2.09. The van der Waals surface area contributed by atoms with Gasteiger partial charge in [-0.05, 0) is 18.1 Å². The molecule has 0 bridgehead atoms. The summed E-state index contributed by atoms with van der Waals surface area (Å²) in [7, 11) is 0. The highest BCUT2D eigenvalue weighted by molar-refractivity contribution is 5.50. The average Bonchev–Trinajstić information content (AvgIpc) is 2.16. The lowest BCUT2D eigenvalue weighted by molar-refractivity contribution is 0.388. The molecule has 0 aliphatic heterocycles. The number of allylic oxidation sites excluding steroid dienone is 1. The Kier molecular flexibility index (Phi) is 4.10. The van der Waals surface area contributed by atoms with Crippen molar-refractivity contribution in [1.29, 1.82) is 0 Å². The molecular formula is C12H16O. The monoisotopic (exact) mass is 176 g/mol. The third-order valence-electron chi connectivity index (χ3n) is 1.92. The first-order chi connectivity index (χ1) is 6.33. The van der Waals surface area contributed by atoms with E-state index >= 15 is 0 Å². The van der Waals surface area contributed by atoms with E-state index in [1.807, 2.05) is 36.4 Å². The Morgan fingerprint density at radius 1 is 1.31 bits per heavy atom. The summed E-state index contributed by atoms with van der Waals surface area (Å²) in [6.45, 7) is 2.12. The van der Waals surface area contributed by atoms with Crippen molar-refractivity contribution in [2.45, 2.75) is 26.2 Å². The number of rotatable bonds is 4. The van der Waals surface area contributed by atoms with Crippen molar-refractivity contribution in [3.63, 3.8) is 0 Å². The Morgan fingerprint density at radius 2 is 2.00 bits per heavy atom. The summed E-state index contributed by atoms with van der Waals surface area (Å²) < 4.78 is 0. The van der Waals surface area contributed by atoms with Gasteiger partial charge < -0.3 is 5.11 Å². The molecule has 1 aromatic carbocycles. The second-order valence-electron chi connectivity index (χ2n) is 3.15. The second-order valence-corrected chi connectivity index (χ2v) is 3.15. The van der Waals surface area contributed by atoms with Crippen molar-refractivity contribution in [2.75, 3.05) is 0 Å². The van der Waals surface area contributed by atoms with Crippen molar-refractivity contribution in [3.05, 3.63) is 41.7 Å². The van der Waals surface area contributed by atoms with Gasteiger partial charge in [0.1, 0.15) is 0 Å². The Labute approximate surface area is 79.7 Å². The smallest absolute Gasteiger partial charge is 0.0928 e. The van der Waals surface area contributed by atoms with Gasteiger partial charge in [-0.2, -0.15) is 0 Å². The van der Waals surface area contributed by atoms with Crippen LogP contribution >= 0.6 is 0 Å². The fourth-order valence-electron chi connectivity index (χ4n) is 1.17. The van der Waals surface area contributed by atoms with Crippen LogP contribution in [0.15, 0.2) is 36.1 Å². The molecule has 1 aromatic rings. The molecule has 70 valence electrons. The Hall–Kier alpha value is -1.24. The van der Waals surface area contributed by atoms with Crippen molar-refractivity contribution in [1.82, 2.24) is 0 Å². The molecule has 1 rings (SSSR count). The van der Waals surface area contributed by atoms with E-state index < -0.39 is 0 Å². The molecule has 1 N–H and O–H groups in total. The van der Waals surface area contributed by atoms with E-state index in [-0.39, 0.29) is 0 Å². The molecule has 0 aliphatic rings. The van der Waals surface area contributed by atoms with Gasteiger partial charge in [0.25, 0.3) is 0 Å². The summed E-state index contributed by atoms with van der Waals surface area (Å²) in [6.07, 6.45) is 4.78. The minimum absolute atomic E-state index is 0.480. The Morgan fingerprint density at radius 3 is 2.62 bits per heavy atom. The number of benzene rings is 1. The van der Waals surface area contributed by atoms with Crippen LogP contribution in [-0.2, 0) is 0 Å². The minimum Gasteiger partial charge on any atom is -0.512 e. The number of unbranched alkanes of at least 4 members (excludes halogenated alkanes) is 1. The maximum atomic E-state index is 9.49. The lowest BCUT2D eigenvalue weighted by Gasteiger charge is -1.98. The number of hydrogen-bond acceptors (Lipinski definition) is 1. The lowest BCUT2D eigenvalue weighted by Crippen LogP contribution is -1.81. The Bertz CT molecular complexity index is 262. The summed E-state index contributed by atoms with van der Waals surface area (Å²) in [6, 6.07) is 9.89. The summed E-state index contributed by atoms with van der Waals surface area (Å²) in [5.41, 5.74) is 1.07. The third kappa shape index (κ3) is 3.79. The van der Waals surface area contributed by atoms with Gasteiger partial charge in [-0.1, -0.05) is 43.7 Å². The normalized spacial score (nSPS) is 11.6. The zero-order valence-corrected chi connectivity index (χ0v) is 8.03. The van der Waals surface area contributed by atoms with Crippen molar-refractivity contribution >= 4 is 6.08 Å². The van der Waals surface area contributed by atoms with Gasteiger partial charge >= 0.3 is 0 Å². The first-order valence-corrected chi connectivity index (χ1v) is 4.77. The van der Waals surface area contributed by atoms with Crippen LogP contribution < -0.4 is 0 Å². The van der Waals surface area contributed by atoms with Crippen LogP contribution in [0.4, 0.5) is 0 Å². The third-order valence-corrected chi connectivity index (χ3v) is 1.92. The number of aliphatic hydroxyl groups is 1. The predicted octanol–water partition coefficient (Wildman–Crippen LogP) is 3.78. The average molecular weight is 176 g/mol. The van der Waals surface area contributed by atoms with Crippen molar-refractivity contribution < 1.29 is 5.11 Å². The SMILES string of the molecule is CCCCC(O)=Cc1ccccc1. The van der Waals surface area contributed by atoms with Gasteiger partial charge in [-0.25, -0.2) is 0 Å². The quantitative estimate of drug-likeness (QED) is 0.692. The van der Waals surface area contributed by atoms with E-state index in [0.717, 1.165) is 24.8 Å². The van der Waals surface area contributed by atoms with Gasteiger partial charge in [0.2, 0.25) is 0 Å². The van der Waals surface area contributed by atoms with Crippen LogP contribution in [0.5, 0.6) is 0 Å². The van der Waals surface area contributed by atoms with Crippen LogP contribution in [0.1, 0.15) is 31.7 Å².